The van der Waals surface area contributed by atoms with Gasteiger partial charge in [0.25, 0.3) is 0 Å². The van der Waals surface area contributed by atoms with Gasteiger partial charge in [0.05, 0.1) is 0 Å². The van der Waals surface area contributed by atoms with Crippen LogP contribution in [0.2, 0.25) is 0 Å². The van der Waals surface area contributed by atoms with Gasteiger partial charge in [0.15, 0.2) is 5.65 Å². The molecule has 3 rings (SSSR count). The van der Waals surface area contributed by atoms with Crippen molar-refractivity contribution in [1.82, 2.24) is 19.9 Å². The Balaban J connectivity index is 1.50. The van der Waals surface area contributed by atoms with Crippen molar-refractivity contribution >= 4 is 17.4 Å². The lowest BCUT2D eigenvalue weighted by atomic mass is 10.2. The van der Waals surface area contributed by atoms with Gasteiger partial charge in [0.1, 0.15) is 5.82 Å². The molecule has 18 heavy (non-hydrogen) atoms. The highest BCUT2D eigenvalue weighted by atomic mass is 32.2. The third-order valence-corrected chi connectivity index (χ3v) is 4.49. The average Bonchev–Trinajstić information content (AvgIpc) is 3.04. The van der Waals surface area contributed by atoms with Gasteiger partial charge in [0, 0.05) is 24.4 Å². The molecule has 0 aromatic carbocycles. The molecule has 1 fully saturated rings. The number of hydrogen-bond acceptors (Lipinski definition) is 4. The van der Waals surface area contributed by atoms with Gasteiger partial charge in [-0.05, 0) is 37.3 Å². The third-order valence-electron chi connectivity index (χ3n) is 3.32. The first-order chi connectivity index (χ1) is 8.93. The van der Waals surface area contributed by atoms with E-state index in [4.69, 9.17) is 0 Å². The van der Waals surface area contributed by atoms with Gasteiger partial charge in [-0.25, -0.2) is 0 Å². The lowest BCUT2D eigenvalue weighted by Gasteiger charge is -2.10. The Morgan fingerprint density at radius 2 is 2.39 bits per heavy atom. The van der Waals surface area contributed by atoms with E-state index in [0.29, 0.717) is 0 Å². The Bertz CT molecular complexity index is 504. The molecule has 0 spiro atoms. The molecule has 0 bridgehead atoms. The van der Waals surface area contributed by atoms with Gasteiger partial charge in [0.2, 0.25) is 0 Å². The summed E-state index contributed by atoms with van der Waals surface area (Å²) in [7, 11) is 0. The number of nitrogens with one attached hydrogen (secondary N) is 1. The summed E-state index contributed by atoms with van der Waals surface area (Å²) in [5, 5.41) is 12.0. The van der Waals surface area contributed by atoms with E-state index in [9.17, 15) is 0 Å². The van der Waals surface area contributed by atoms with Crippen molar-refractivity contribution in [3.63, 3.8) is 0 Å². The van der Waals surface area contributed by atoms with E-state index in [-0.39, 0.29) is 0 Å². The van der Waals surface area contributed by atoms with Gasteiger partial charge in [-0.2, -0.15) is 11.8 Å². The van der Waals surface area contributed by atoms with Crippen LogP contribution in [-0.2, 0) is 6.42 Å². The first-order valence-corrected chi connectivity index (χ1v) is 7.69. The SMILES string of the molecule is c1ccn2c(CCCNC3CCSC3)nnc2c1. The standard InChI is InChI=1S/C13H18N4S/c1-2-8-17-12(4-1)15-16-13(17)5-3-7-14-11-6-9-18-10-11/h1-2,4,8,11,14H,3,5-7,9-10H2. The number of pyridine rings is 1. The second-order valence-electron chi connectivity index (χ2n) is 4.66. The number of nitrogens with zero attached hydrogens (tertiary/aromatic N) is 3. The quantitative estimate of drug-likeness (QED) is 0.834. The van der Waals surface area contributed by atoms with Crippen molar-refractivity contribution in [2.75, 3.05) is 18.1 Å². The van der Waals surface area contributed by atoms with E-state index in [0.717, 1.165) is 36.9 Å². The van der Waals surface area contributed by atoms with E-state index < -0.39 is 0 Å². The smallest absolute Gasteiger partial charge is 0.160 e. The Kier molecular flexibility index (Phi) is 3.81. The number of fused-ring (bicyclic) bond motifs is 1. The summed E-state index contributed by atoms with van der Waals surface area (Å²) in [5.41, 5.74) is 0.938. The maximum Gasteiger partial charge on any atom is 0.160 e. The summed E-state index contributed by atoms with van der Waals surface area (Å²) in [5.74, 6) is 3.65. The number of hydrogen-bond donors (Lipinski definition) is 1. The molecular weight excluding hydrogens is 244 g/mol. The number of aryl methyl sites for hydroxylation is 1. The van der Waals surface area contributed by atoms with Crippen molar-refractivity contribution in [3.8, 4) is 0 Å². The van der Waals surface area contributed by atoms with E-state index in [1.165, 1.54) is 17.9 Å². The number of rotatable bonds is 5. The highest BCUT2D eigenvalue weighted by Crippen LogP contribution is 2.16. The summed E-state index contributed by atoms with van der Waals surface area (Å²) >= 11 is 2.05. The fraction of sp³-hybridized carbons (Fsp3) is 0.538. The molecule has 2 aromatic heterocycles. The summed E-state index contributed by atoms with van der Waals surface area (Å²) in [6.45, 7) is 1.08. The highest BCUT2D eigenvalue weighted by Gasteiger charge is 2.14. The molecule has 1 unspecified atom stereocenters. The van der Waals surface area contributed by atoms with Crippen molar-refractivity contribution < 1.29 is 0 Å². The van der Waals surface area contributed by atoms with Gasteiger partial charge < -0.3 is 5.32 Å². The summed E-state index contributed by atoms with van der Waals surface area (Å²) in [4.78, 5) is 0. The third kappa shape index (κ3) is 2.67. The molecular formula is C13H18N4S. The van der Waals surface area contributed by atoms with Gasteiger partial charge in [-0.15, -0.1) is 10.2 Å². The minimum absolute atomic E-state index is 0.727. The molecule has 0 saturated carbocycles. The molecule has 2 aromatic rings. The Morgan fingerprint density at radius 3 is 3.28 bits per heavy atom. The Labute approximate surface area is 111 Å². The molecule has 0 aliphatic carbocycles. The van der Waals surface area contributed by atoms with Crippen LogP contribution in [0.1, 0.15) is 18.7 Å². The molecule has 1 atom stereocenters. The van der Waals surface area contributed by atoms with E-state index in [2.05, 4.69) is 31.7 Å². The monoisotopic (exact) mass is 262 g/mol. The normalized spacial score (nSPS) is 19.7. The van der Waals surface area contributed by atoms with Crippen LogP contribution >= 0.6 is 11.8 Å². The molecule has 5 heteroatoms. The van der Waals surface area contributed by atoms with Crippen LogP contribution in [0.4, 0.5) is 0 Å². The van der Waals surface area contributed by atoms with Crippen LogP contribution in [0.15, 0.2) is 24.4 Å². The summed E-state index contributed by atoms with van der Waals surface area (Å²) in [6.07, 6.45) is 5.46. The van der Waals surface area contributed by atoms with Crippen molar-refractivity contribution in [2.45, 2.75) is 25.3 Å². The minimum Gasteiger partial charge on any atom is -0.313 e. The Morgan fingerprint density at radius 1 is 1.39 bits per heavy atom. The van der Waals surface area contributed by atoms with Crippen molar-refractivity contribution in [3.05, 3.63) is 30.2 Å². The molecule has 0 radical (unpaired) electrons. The molecule has 3 heterocycles. The van der Waals surface area contributed by atoms with E-state index in [1.807, 2.05) is 24.4 Å². The molecule has 0 amide bonds. The zero-order valence-electron chi connectivity index (χ0n) is 10.4. The molecule has 1 aliphatic rings. The lowest BCUT2D eigenvalue weighted by molar-refractivity contribution is 0.541. The maximum atomic E-state index is 4.25. The first kappa shape index (κ1) is 12.0. The predicted molar refractivity (Wildman–Crippen MR) is 75.0 cm³/mol. The van der Waals surface area contributed by atoms with Gasteiger partial charge >= 0.3 is 0 Å². The predicted octanol–water partition coefficient (Wildman–Crippen LogP) is 1.76. The maximum absolute atomic E-state index is 4.25. The largest absolute Gasteiger partial charge is 0.313 e. The summed E-state index contributed by atoms with van der Waals surface area (Å²) < 4.78 is 2.07. The molecule has 1 saturated heterocycles. The zero-order chi connectivity index (χ0) is 12.2. The van der Waals surface area contributed by atoms with E-state index >= 15 is 0 Å². The molecule has 1 N–H and O–H groups in total. The lowest BCUT2D eigenvalue weighted by Crippen LogP contribution is -2.29. The first-order valence-electron chi connectivity index (χ1n) is 6.53. The fourth-order valence-electron chi connectivity index (χ4n) is 2.31. The molecule has 96 valence electrons. The van der Waals surface area contributed by atoms with Gasteiger partial charge in [-0.3, -0.25) is 4.40 Å². The van der Waals surface area contributed by atoms with Crippen LogP contribution < -0.4 is 5.32 Å². The van der Waals surface area contributed by atoms with Crippen LogP contribution in [0.3, 0.4) is 0 Å². The highest BCUT2D eigenvalue weighted by molar-refractivity contribution is 7.99. The van der Waals surface area contributed by atoms with Crippen molar-refractivity contribution in [2.24, 2.45) is 0 Å². The van der Waals surface area contributed by atoms with Crippen LogP contribution in [0, 0.1) is 0 Å². The second kappa shape index (κ2) is 5.71. The average molecular weight is 262 g/mol. The zero-order valence-corrected chi connectivity index (χ0v) is 11.2. The van der Waals surface area contributed by atoms with Gasteiger partial charge in [-0.1, -0.05) is 6.07 Å². The number of aromatic nitrogens is 3. The van der Waals surface area contributed by atoms with Crippen LogP contribution in [0.25, 0.3) is 5.65 Å². The molecule has 4 nitrogen and oxygen atoms in total. The van der Waals surface area contributed by atoms with Crippen molar-refractivity contribution in [1.29, 1.82) is 0 Å². The summed E-state index contributed by atoms with van der Waals surface area (Å²) in [6, 6.07) is 6.73. The van der Waals surface area contributed by atoms with E-state index in [1.54, 1.807) is 0 Å². The Hall–Kier alpha value is -1.07. The minimum atomic E-state index is 0.727. The second-order valence-corrected chi connectivity index (χ2v) is 5.81. The van der Waals surface area contributed by atoms with Crippen LogP contribution in [0.5, 0.6) is 0 Å². The molecule has 1 aliphatic heterocycles. The topological polar surface area (TPSA) is 42.2 Å². The fourth-order valence-corrected chi connectivity index (χ4v) is 3.50. The van der Waals surface area contributed by atoms with Crippen LogP contribution in [-0.4, -0.2) is 38.7 Å². The number of thioether (sulfide) groups is 1.